The zero-order chi connectivity index (χ0) is 14.8. The third-order valence-electron chi connectivity index (χ3n) is 3.66. The molecule has 0 saturated carbocycles. The van der Waals surface area contributed by atoms with E-state index in [0.29, 0.717) is 6.04 Å². The highest BCUT2D eigenvalue weighted by atomic mass is 16.2. The van der Waals surface area contributed by atoms with Crippen molar-refractivity contribution in [2.45, 2.75) is 39.2 Å². The first-order valence-corrected chi connectivity index (χ1v) is 7.26. The molecule has 110 valence electrons. The van der Waals surface area contributed by atoms with Crippen LogP contribution in [0.15, 0.2) is 24.3 Å². The van der Waals surface area contributed by atoms with E-state index < -0.39 is 0 Å². The maximum absolute atomic E-state index is 12.2. The van der Waals surface area contributed by atoms with Crippen LogP contribution < -0.4 is 10.6 Å². The van der Waals surface area contributed by atoms with E-state index in [1.165, 1.54) is 5.56 Å². The van der Waals surface area contributed by atoms with Crippen LogP contribution >= 0.6 is 0 Å². The highest BCUT2D eigenvalue weighted by Gasteiger charge is 2.20. The Kier molecular flexibility index (Phi) is 4.33. The lowest BCUT2D eigenvalue weighted by atomic mass is 9.87. The molecule has 0 aliphatic carbocycles. The minimum atomic E-state index is -0.0122. The number of urea groups is 1. The molecular formula is C16H25N3O. The lowest BCUT2D eigenvalue weighted by molar-refractivity contribution is 0.192. The largest absolute Gasteiger partial charge is 0.322 e. The number of hydrogen-bond acceptors (Lipinski definition) is 2. The zero-order valence-corrected chi connectivity index (χ0v) is 12.9. The zero-order valence-electron chi connectivity index (χ0n) is 12.9. The van der Waals surface area contributed by atoms with Crippen molar-refractivity contribution in [2.24, 2.45) is 0 Å². The van der Waals surface area contributed by atoms with Gasteiger partial charge in [-0.1, -0.05) is 32.9 Å². The molecule has 1 saturated heterocycles. The van der Waals surface area contributed by atoms with Crippen LogP contribution in [0.2, 0.25) is 0 Å². The van der Waals surface area contributed by atoms with Gasteiger partial charge in [-0.05, 0) is 30.0 Å². The summed E-state index contributed by atoms with van der Waals surface area (Å²) in [6.07, 6.45) is 0. The first-order chi connectivity index (χ1) is 9.36. The van der Waals surface area contributed by atoms with E-state index in [4.69, 9.17) is 0 Å². The first-order valence-electron chi connectivity index (χ1n) is 7.26. The summed E-state index contributed by atoms with van der Waals surface area (Å²) in [5, 5.41) is 6.30. The molecular weight excluding hydrogens is 250 g/mol. The van der Waals surface area contributed by atoms with Crippen LogP contribution in [0.1, 0.15) is 33.3 Å². The number of anilines is 1. The second kappa shape index (κ2) is 5.83. The van der Waals surface area contributed by atoms with Crippen molar-refractivity contribution in [2.75, 3.05) is 25.0 Å². The number of carbonyl (C=O) groups excluding carboxylic acids is 1. The number of piperazine rings is 1. The van der Waals surface area contributed by atoms with E-state index in [1.807, 2.05) is 17.0 Å². The molecule has 1 atom stereocenters. The quantitative estimate of drug-likeness (QED) is 0.828. The smallest absolute Gasteiger partial charge is 0.321 e. The normalized spacial score (nSPS) is 19.8. The molecule has 1 heterocycles. The van der Waals surface area contributed by atoms with Gasteiger partial charge in [-0.15, -0.1) is 0 Å². The average Bonchev–Trinajstić information content (AvgIpc) is 2.38. The summed E-state index contributed by atoms with van der Waals surface area (Å²) in [7, 11) is 0. The number of amides is 2. The highest BCUT2D eigenvalue weighted by Crippen LogP contribution is 2.23. The van der Waals surface area contributed by atoms with Gasteiger partial charge in [0.25, 0.3) is 0 Å². The number of nitrogens with one attached hydrogen (secondary N) is 2. The maximum Gasteiger partial charge on any atom is 0.321 e. The van der Waals surface area contributed by atoms with Crippen molar-refractivity contribution in [1.29, 1.82) is 0 Å². The van der Waals surface area contributed by atoms with Gasteiger partial charge in [0.2, 0.25) is 0 Å². The van der Waals surface area contributed by atoms with E-state index in [9.17, 15) is 4.79 Å². The Morgan fingerprint density at radius 1 is 1.30 bits per heavy atom. The Labute approximate surface area is 121 Å². The fourth-order valence-electron chi connectivity index (χ4n) is 2.37. The van der Waals surface area contributed by atoms with E-state index in [0.717, 1.165) is 25.3 Å². The molecule has 1 aromatic rings. The third kappa shape index (κ3) is 3.73. The molecule has 0 spiro atoms. The van der Waals surface area contributed by atoms with Crippen LogP contribution in [0.4, 0.5) is 10.5 Å². The van der Waals surface area contributed by atoms with Gasteiger partial charge >= 0.3 is 6.03 Å². The van der Waals surface area contributed by atoms with Gasteiger partial charge in [-0.2, -0.15) is 0 Å². The minimum Gasteiger partial charge on any atom is -0.322 e. The molecule has 2 rings (SSSR count). The fourth-order valence-corrected chi connectivity index (χ4v) is 2.37. The fraction of sp³-hybridized carbons (Fsp3) is 0.562. The van der Waals surface area contributed by atoms with Gasteiger partial charge in [0, 0.05) is 31.4 Å². The standard InChI is InChI=1S/C16H25N3O/c1-12-11-19(10-9-17-12)15(20)18-14-7-5-13(6-8-14)16(2,3)4/h5-8,12,17H,9-11H2,1-4H3,(H,18,20). The number of nitrogens with zero attached hydrogens (tertiary/aromatic N) is 1. The summed E-state index contributed by atoms with van der Waals surface area (Å²) < 4.78 is 0. The van der Waals surface area contributed by atoms with Crippen LogP contribution in [-0.2, 0) is 5.41 Å². The van der Waals surface area contributed by atoms with Crippen molar-refractivity contribution in [3.8, 4) is 0 Å². The molecule has 1 aliphatic heterocycles. The Balaban J connectivity index is 1.97. The molecule has 1 unspecified atom stereocenters. The van der Waals surface area contributed by atoms with Crippen molar-refractivity contribution in [3.05, 3.63) is 29.8 Å². The minimum absolute atomic E-state index is 0.0122. The van der Waals surface area contributed by atoms with Gasteiger partial charge in [-0.3, -0.25) is 0 Å². The Hall–Kier alpha value is -1.55. The second-order valence-electron chi connectivity index (χ2n) is 6.56. The molecule has 0 bridgehead atoms. The maximum atomic E-state index is 12.2. The molecule has 1 fully saturated rings. The molecule has 4 heteroatoms. The molecule has 2 amide bonds. The SMILES string of the molecule is CC1CN(C(=O)Nc2ccc(C(C)(C)C)cc2)CCN1. The topological polar surface area (TPSA) is 44.4 Å². The summed E-state index contributed by atoms with van der Waals surface area (Å²) in [5.41, 5.74) is 2.26. The lowest BCUT2D eigenvalue weighted by Crippen LogP contribution is -2.52. The van der Waals surface area contributed by atoms with Crippen LogP contribution in [-0.4, -0.2) is 36.6 Å². The van der Waals surface area contributed by atoms with E-state index in [2.05, 4.69) is 50.5 Å². The van der Waals surface area contributed by atoms with Gasteiger partial charge in [0.15, 0.2) is 0 Å². The van der Waals surface area contributed by atoms with Crippen molar-refractivity contribution in [1.82, 2.24) is 10.2 Å². The molecule has 0 aromatic heterocycles. The van der Waals surface area contributed by atoms with Crippen LogP contribution in [0.5, 0.6) is 0 Å². The lowest BCUT2D eigenvalue weighted by Gasteiger charge is -2.31. The molecule has 1 aromatic carbocycles. The summed E-state index contributed by atoms with van der Waals surface area (Å²) in [6, 6.07) is 8.46. The van der Waals surface area contributed by atoms with Crippen molar-refractivity contribution < 1.29 is 4.79 Å². The monoisotopic (exact) mass is 275 g/mol. The number of benzene rings is 1. The van der Waals surface area contributed by atoms with Gasteiger partial charge < -0.3 is 15.5 Å². The van der Waals surface area contributed by atoms with E-state index >= 15 is 0 Å². The van der Waals surface area contributed by atoms with E-state index in [1.54, 1.807) is 0 Å². The molecule has 4 nitrogen and oxygen atoms in total. The number of hydrogen-bond donors (Lipinski definition) is 2. The molecule has 0 radical (unpaired) electrons. The molecule has 20 heavy (non-hydrogen) atoms. The van der Waals surface area contributed by atoms with Gasteiger partial charge in [0.05, 0.1) is 0 Å². The van der Waals surface area contributed by atoms with Crippen molar-refractivity contribution in [3.63, 3.8) is 0 Å². The summed E-state index contributed by atoms with van der Waals surface area (Å²) in [4.78, 5) is 14.0. The second-order valence-corrected chi connectivity index (χ2v) is 6.56. The van der Waals surface area contributed by atoms with Gasteiger partial charge in [0.1, 0.15) is 0 Å². The highest BCUT2D eigenvalue weighted by molar-refractivity contribution is 5.89. The van der Waals surface area contributed by atoms with Crippen LogP contribution in [0, 0.1) is 0 Å². The first kappa shape index (κ1) is 14.9. The predicted octanol–water partition coefficient (Wildman–Crippen LogP) is 2.81. The molecule has 2 N–H and O–H groups in total. The Morgan fingerprint density at radius 3 is 2.50 bits per heavy atom. The summed E-state index contributed by atoms with van der Waals surface area (Å²) >= 11 is 0. The predicted molar refractivity (Wildman–Crippen MR) is 83.2 cm³/mol. The Bertz CT molecular complexity index is 462. The molecule has 1 aliphatic rings. The number of rotatable bonds is 1. The van der Waals surface area contributed by atoms with Crippen LogP contribution in [0.25, 0.3) is 0 Å². The summed E-state index contributed by atoms with van der Waals surface area (Å²) in [5.74, 6) is 0. The number of carbonyl (C=O) groups is 1. The average molecular weight is 275 g/mol. The van der Waals surface area contributed by atoms with Crippen LogP contribution in [0.3, 0.4) is 0 Å². The third-order valence-corrected chi connectivity index (χ3v) is 3.66. The van der Waals surface area contributed by atoms with E-state index in [-0.39, 0.29) is 11.4 Å². The Morgan fingerprint density at radius 2 is 1.95 bits per heavy atom. The van der Waals surface area contributed by atoms with Crippen molar-refractivity contribution >= 4 is 11.7 Å². The van der Waals surface area contributed by atoms with Gasteiger partial charge in [-0.25, -0.2) is 4.79 Å². The summed E-state index contributed by atoms with van der Waals surface area (Å²) in [6.45, 7) is 11.0.